The quantitative estimate of drug-likeness (QED) is 0.482. The van der Waals surface area contributed by atoms with E-state index in [1.54, 1.807) is 11.8 Å². The molecule has 82 valence electrons. The van der Waals surface area contributed by atoms with Crippen molar-refractivity contribution in [1.82, 2.24) is 0 Å². The number of hydrogen-bond donors (Lipinski definition) is 0. The van der Waals surface area contributed by atoms with Gasteiger partial charge in [0.15, 0.2) is 0 Å². The van der Waals surface area contributed by atoms with Gasteiger partial charge in [0.1, 0.15) is 6.10 Å². The van der Waals surface area contributed by atoms with E-state index in [-0.39, 0.29) is 0 Å². The summed E-state index contributed by atoms with van der Waals surface area (Å²) in [5.41, 5.74) is 0. The molecular formula is C11H20OS2. The fourth-order valence-electron chi connectivity index (χ4n) is 1.66. The molecule has 1 fully saturated rings. The standard InChI is InChI=1S/C11H20OS2/c1-2-3-4-5-6-7-8-10-9-14-11(13)12-10/h10H,2-9H2,1H3. The van der Waals surface area contributed by atoms with Gasteiger partial charge in [-0.05, 0) is 25.1 Å². The van der Waals surface area contributed by atoms with Crippen molar-refractivity contribution in [2.45, 2.75) is 58.0 Å². The number of ether oxygens (including phenoxy) is 1. The van der Waals surface area contributed by atoms with Crippen molar-refractivity contribution >= 4 is 28.4 Å². The molecule has 0 spiro atoms. The first-order valence-corrected chi connectivity index (χ1v) is 7.05. The van der Waals surface area contributed by atoms with Gasteiger partial charge in [0.25, 0.3) is 0 Å². The van der Waals surface area contributed by atoms with E-state index in [4.69, 9.17) is 17.0 Å². The molecule has 1 rings (SSSR count). The zero-order chi connectivity index (χ0) is 10.2. The second kappa shape index (κ2) is 7.52. The number of unbranched alkanes of at least 4 members (excludes halogenated alkanes) is 5. The first-order valence-electron chi connectivity index (χ1n) is 5.66. The van der Waals surface area contributed by atoms with E-state index in [1.807, 2.05) is 0 Å². The molecule has 1 aliphatic heterocycles. The molecule has 3 heteroatoms. The summed E-state index contributed by atoms with van der Waals surface area (Å²) in [6.07, 6.45) is 9.77. The molecule has 1 nitrogen and oxygen atoms in total. The Bertz CT molecular complexity index is 171. The minimum absolute atomic E-state index is 0.415. The largest absolute Gasteiger partial charge is 0.474 e. The van der Waals surface area contributed by atoms with Crippen LogP contribution in [-0.2, 0) is 4.74 Å². The highest BCUT2D eigenvalue weighted by atomic mass is 32.2. The van der Waals surface area contributed by atoms with Gasteiger partial charge in [0.2, 0.25) is 4.38 Å². The van der Waals surface area contributed by atoms with Gasteiger partial charge in [-0.15, -0.1) is 0 Å². The predicted molar refractivity (Wildman–Crippen MR) is 67.9 cm³/mol. The summed E-state index contributed by atoms with van der Waals surface area (Å²) >= 11 is 6.66. The SMILES string of the molecule is CCCCCCCCC1CSC(=S)O1. The van der Waals surface area contributed by atoms with Gasteiger partial charge < -0.3 is 4.74 Å². The van der Waals surface area contributed by atoms with Crippen LogP contribution in [0.15, 0.2) is 0 Å². The summed E-state index contributed by atoms with van der Waals surface area (Å²) in [4.78, 5) is 0. The minimum atomic E-state index is 0.415. The molecule has 0 radical (unpaired) electrons. The van der Waals surface area contributed by atoms with Crippen LogP contribution in [0.3, 0.4) is 0 Å². The van der Waals surface area contributed by atoms with Crippen molar-refractivity contribution in [3.63, 3.8) is 0 Å². The zero-order valence-corrected chi connectivity index (χ0v) is 10.6. The molecule has 0 N–H and O–H groups in total. The topological polar surface area (TPSA) is 9.23 Å². The Morgan fingerprint density at radius 2 is 2.00 bits per heavy atom. The van der Waals surface area contributed by atoms with Gasteiger partial charge >= 0.3 is 0 Å². The van der Waals surface area contributed by atoms with Gasteiger partial charge in [0, 0.05) is 5.75 Å². The lowest BCUT2D eigenvalue weighted by molar-refractivity contribution is 0.219. The number of thioether (sulfide) groups is 1. The predicted octanol–water partition coefficient (Wildman–Crippen LogP) is 4.15. The van der Waals surface area contributed by atoms with E-state index in [0.717, 1.165) is 10.1 Å². The van der Waals surface area contributed by atoms with Crippen LogP contribution in [0.4, 0.5) is 0 Å². The normalized spacial score (nSPS) is 21.2. The summed E-state index contributed by atoms with van der Waals surface area (Å²) in [6, 6.07) is 0. The van der Waals surface area contributed by atoms with E-state index < -0.39 is 0 Å². The number of hydrogen-bond acceptors (Lipinski definition) is 3. The maximum atomic E-state index is 5.48. The van der Waals surface area contributed by atoms with Gasteiger partial charge in [-0.3, -0.25) is 0 Å². The van der Waals surface area contributed by atoms with Crippen LogP contribution < -0.4 is 0 Å². The summed E-state index contributed by atoms with van der Waals surface area (Å²) in [6.45, 7) is 2.25. The van der Waals surface area contributed by atoms with E-state index in [9.17, 15) is 0 Å². The van der Waals surface area contributed by atoms with Crippen LogP contribution in [0.25, 0.3) is 0 Å². The van der Waals surface area contributed by atoms with E-state index >= 15 is 0 Å². The number of rotatable bonds is 7. The first-order chi connectivity index (χ1) is 6.83. The Morgan fingerprint density at radius 1 is 1.29 bits per heavy atom. The molecule has 0 saturated carbocycles. The molecular weight excluding hydrogens is 212 g/mol. The Hall–Kier alpha value is 0.240. The average Bonchev–Trinajstić information content (AvgIpc) is 2.58. The van der Waals surface area contributed by atoms with E-state index in [1.165, 1.54) is 44.9 Å². The van der Waals surface area contributed by atoms with Crippen LogP contribution >= 0.6 is 24.0 Å². The van der Waals surface area contributed by atoms with Crippen molar-refractivity contribution in [1.29, 1.82) is 0 Å². The second-order valence-corrected chi connectivity index (χ2v) is 5.48. The van der Waals surface area contributed by atoms with Crippen LogP contribution in [0, 0.1) is 0 Å². The van der Waals surface area contributed by atoms with Crippen LogP contribution in [0.5, 0.6) is 0 Å². The fraction of sp³-hybridized carbons (Fsp3) is 0.909. The highest BCUT2D eigenvalue weighted by Gasteiger charge is 2.20. The van der Waals surface area contributed by atoms with Gasteiger partial charge in [0.05, 0.1) is 0 Å². The molecule has 0 aromatic carbocycles. The van der Waals surface area contributed by atoms with Crippen molar-refractivity contribution in [2.75, 3.05) is 5.75 Å². The molecule has 1 heterocycles. The smallest absolute Gasteiger partial charge is 0.220 e. The molecule has 1 aliphatic rings. The molecule has 0 aliphatic carbocycles. The molecule has 14 heavy (non-hydrogen) atoms. The summed E-state index contributed by atoms with van der Waals surface area (Å²) in [7, 11) is 0. The van der Waals surface area contributed by atoms with Crippen molar-refractivity contribution in [3.05, 3.63) is 0 Å². The fourth-order valence-corrected chi connectivity index (χ4v) is 2.76. The van der Waals surface area contributed by atoms with Crippen LogP contribution in [0.1, 0.15) is 51.9 Å². The lowest BCUT2D eigenvalue weighted by Gasteiger charge is -2.07. The Morgan fingerprint density at radius 3 is 2.64 bits per heavy atom. The summed E-state index contributed by atoms with van der Waals surface area (Å²) in [5.74, 6) is 1.08. The van der Waals surface area contributed by atoms with Gasteiger partial charge in [-0.1, -0.05) is 50.8 Å². The molecule has 1 unspecified atom stereocenters. The Labute approximate surface area is 97.0 Å². The molecule has 0 amide bonds. The van der Waals surface area contributed by atoms with E-state index in [0.29, 0.717) is 6.10 Å². The highest BCUT2D eigenvalue weighted by Crippen LogP contribution is 2.23. The summed E-state index contributed by atoms with van der Waals surface area (Å²) in [5, 5.41) is 0. The van der Waals surface area contributed by atoms with E-state index in [2.05, 4.69) is 6.92 Å². The zero-order valence-electron chi connectivity index (χ0n) is 8.96. The third-order valence-electron chi connectivity index (χ3n) is 2.53. The molecule has 0 aromatic rings. The average molecular weight is 232 g/mol. The lowest BCUT2D eigenvalue weighted by atomic mass is 10.1. The van der Waals surface area contributed by atoms with Crippen LogP contribution in [-0.4, -0.2) is 16.2 Å². The number of thiocarbonyl (C=S) groups is 1. The monoisotopic (exact) mass is 232 g/mol. The third kappa shape index (κ3) is 5.20. The van der Waals surface area contributed by atoms with Gasteiger partial charge in [-0.2, -0.15) is 0 Å². The molecule has 0 bridgehead atoms. The third-order valence-corrected chi connectivity index (χ3v) is 3.85. The van der Waals surface area contributed by atoms with Crippen molar-refractivity contribution in [3.8, 4) is 0 Å². The van der Waals surface area contributed by atoms with Crippen molar-refractivity contribution in [2.24, 2.45) is 0 Å². The first kappa shape index (κ1) is 12.3. The van der Waals surface area contributed by atoms with Crippen LogP contribution in [0.2, 0.25) is 0 Å². The Kier molecular flexibility index (Phi) is 6.61. The molecule has 0 aromatic heterocycles. The minimum Gasteiger partial charge on any atom is -0.474 e. The maximum absolute atomic E-state index is 5.48. The second-order valence-electron chi connectivity index (χ2n) is 3.86. The highest BCUT2D eigenvalue weighted by molar-refractivity contribution is 8.22. The summed E-state index contributed by atoms with van der Waals surface area (Å²) < 4.78 is 6.23. The van der Waals surface area contributed by atoms with Gasteiger partial charge in [-0.25, -0.2) is 0 Å². The Balaban J connectivity index is 1.86. The van der Waals surface area contributed by atoms with Crippen molar-refractivity contribution < 1.29 is 4.74 Å². The maximum Gasteiger partial charge on any atom is 0.220 e. The molecule has 1 atom stereocenters. The molecule has 1 saturated heterocycles. The lowest BCUT2D eigenvalue weighted by Crippen LogP contribution is -2.08.